The number of nitrogens with zero attached hydrogens (tertiary/aromatic N) is 3. The number of hydrogen-bond acceptors (Lipinski definition) is 5. The number of carbonyl (C=O) groups is 1. The van der Waals surface area contributed by atoms with Crippen LogP contribution in [0.1, 0.15) is 51.0 Å². The maximum atomic E-state index is 12.5. The molecular weight excluding hydrogens is 272 g/mol. The highest BCUT2D eigenvalue weighted by Crippen LogP contribution is 2.19. The maximum absolute atomic E-state index is 12.5. The number of likely N-dealkylation sites (tertiary alicyclic amines) is 1. The number of nitrogens with one attached hydrogen (secondary N) is 1. The molecule has 0 bridgehead atoms. The van der Waals surface area contributed by atoms with E-state index in [1.807, 2.05) is 6.92 Å². The van der Waals surface area contributed by atoms with Gasteiger partial charge in [0.05, 0.1) is 6.04 Å². The highest BCUT2D eigenvalue weighted by atomic mass is 32.1. The molecular formula is C14H24N4OS. The van der Waals surface area contributed by atoms with Crippen LogP contribution in [0, 0.1) is 0 Å². The molecule has 6 heteroatoms. The van der Waals surface area contributed by atoms with Crippen LogP contribution in [0.4, 0.5) is 5.13 Å². The normalized spacial score (nSPS) is 17.9. The Balaban J connectivity index is 1.98. The van der Waals surface area contributed by atoms with Crippen LogP contribution >= 0.6 is 11.3 Å². The highest BCUT2D eigenvalue weighted by Gasteiger charge is 2.26. The third-order valence-electron chi connectivity index (χ3n) is 3.70. The van der Waals surface area contributed by atoms with E-state index in [2.05, 4.69) is 27.3 Å². The van der Waals surface area contributed by atoms with E-state index in [0.717, 1.165) is 37.4 Å². The van der Waals surface area contributed by atoms with Gasteiger partial charge in [0.2, 0.25) is 11.0 Å². The van der Waals surface area contributed by atoms with Crippen molar-refractivity contribution in [3.05, 3.63) is 5.01 Å². The summed E-state index contributed by atoms with van der Waals surface area (Å²) in [6.45, 7) is 6.24. The van der Waals surface area contributed by atoms with Crippen molar-refractivity contribution in [1.29, 1.82) is 0 Å². The third-order valence-corrected chi connectivity index (χ3v) is 4.68. The molecule has 2 heterocycles. The molecule has 112 valence electrons. The van der Waals surface area contributed by atoms with Crippen LogP contribution in [0.3, 0.4) is 0 Å². The second-order valence-corrected chi connectivity index (χ2v) is 6.31. The van der Waals surface area contributed by atoms with Gasteiger partial charge < -0.3 is 0 Å². The zero-order chi connectivity index (χ0) is 14.4. The number of anilines is 1. The fraction of sp³-hybridized carbons (Fsp3) is 0.786. The third kappa shape index (κ3) is 3.99. The molecule has 1 N–H and O–H groups in total. The lowest BCUT2D eigenvalue weighted by atomic mass is 10.0. The van der Waals surface area contributed by atoms with Gasteiger partial charge in [-0.3, -0.25) is 15.0 Å². The van der Waals surface area contributed by atoms with E-state index in [-0.39, 0.29) is 11.9 Å². The first-order valence-corrected chi connectivity index (χ1v) is 8.43. The fourth-order valence-corrected chi connectivity index (χ4v) is 3.30. The first kappa shape index (κ1) is 15.4. The van der Waals surface area contributed by atoms with E-state index in [0.29, 0.717) is 5.13 Å². The molecule has 1 aliphatic heterocycles. The van der Waals surface area contributed by atoms with Gasteiger partial charge in [-0.05, 0) is 38.8 Å². The van der Waals surface area contributed by atoms with Gasteiger partial charge in [-0.25, -0.2) is 0 Å². The Bertz CT molecular complexity index is 429. The van der Waals surface area contributed by atoms with E-state index in [1.54, 1.807) is 0 Å². The average molecular weight is 296 g/mol. The molecule has 0 spiro atoms. The lowest BCUT2D eigenvalue weighted by Gasteiger charge is -2.33. The minimum absolute atomic E-state index is 0.0192. The van der Waals surface area contributed by atoms with Crippen molar-refractivity contribution in [2.75, 3.05) is 18.4 Å². The van der Waals surface area contributed by atoms with Gasteiger partial charge in [0, 0.05) is 0 Å². The summed E-state index contributed by atoms with van der Waals surface area (Å²) in [6.07, 6.45) is 6.47. The molecule has 1 unspecified atom stereocenters. The SMILES string of the molecule is CCCC(C(=O)Nc1nnc(CC)s1)N1CCCCC1. The summed E-state index contributed by atoms with van der Waals surface area (Å²) in [7, 11) is 0. The van der Waals surface area contributed by atoms with E-state index in [9.17, 15) is 4.79 Å². The molecule has 20 heavy (non-hydrogen) atoms. The standard InChI is InChI=1S/C14H24N4OS/c1-3-8-11(18-9-6-5-7-10-18)13(19)15-14-17-16-12(4-2)20-14/h11H,3-10H2,1-2H3,(H,15,17,19). The molecule has 0 saturated carbocycles. The van der Waals surface area contributed by atoms with Crippen molar-refractivity contribution >= 4 is 22.4 Å². The van der Waals surface area contributed by atoms with Gasteiger partial charge in [-0.15, -0.1) is 10.2 Å². The lowest BCUT2D eigenvalue weighted by molar-refractivity contribution is -0.122. The second kappa shape index (κ2) is 7.69. The van der Waals surface area contributed by atoms with Crippen LogP contribution in [-0.2, 0) is 11.2 Å². The summed E-state index contributed by atoms with van der Waals surface area (Å²) in [5.74, 6) is 0.0764. The van der Waals surface area contributed by atoms with Crippen LogP contribution in [0.25, 0.3) is 0 Å². The molecule has 2 rings (SSSR count). The number of rotatable bonds is 6. The van der Waals surface area contributed by atoms with Gasteiger partial charge in [0.15, 0.2) is 0 Å². The smallest absolute Gasteiger partial charge is 0.243 e. The molecule has 1 aliphatic rings. The van der Waals surface area contributed by atoms with E-state index >= 15 is 0 Å². The summed E-state index contributed by atoms with van der Waals surface area (Å²) >= 11 is 1.47. The van der Waals surface area contributed by atoms with Crippen LogP contribution in [0.15, 0.2) is 0 Å². The Morgan fingerprint density at radius 2 is 2.05 bits per heavy atom. The molecule has 5 nitrogen and oxygen atoms in total. The Morgan fingerprint density at radius 3 is 2.65 bits per heavy atom. The van der Waals surface area contributed by atoms with Gasteiger partial charge in [-0.1, -0.05) is 38.0 Å². The molecule has 1 fully saturated rings. The fourth-order valence-electron chi connectivity index (χ4n) is 2.62. The number of aryl methyl sites for hydroxylation is 1. The van der Waals surface area contributed by atoms with Crippen LogP contribution in [-0.4, -0.2) is 40.1 Å². The zero-order valence-corrected chi connectivity index (χ0v) is 13.2. The summed E-state index contributed by atoms with van der Waals surface area (Å²) in [4.78, 5) is 14.8. The van der Waals surface area contributed by atoms with Crippen molar-refractivity contribution in [2.45, 2.75) is 58.4 Å². The van der Waals surface area contributed by atoms with Crippen molar-refractivity contribution in [3.63, 3.8) is 0 Å². The monoisotopic (exact) mass is 296 g/mol. The largest absolute Gasteiger partial charge is 0.299 e. The topological polar surface area (TPSA) is 58.1 Å². The molecule has 0 radical (unpaired) electrons. The molecule has 1 aromatic heterocycles. The minimum atomic E-state index is -0.0192. The zero-order valence-electron chi connectivity index (χ0n) is 12.4. The molecule has 0 aliphatic carbocycles. The highest BCUT2D eigenvalue weighted by molar-refractivity contribution is 7.15. The predicted molar refractivity (Wildman–Crippen MR) is 82.0 cm³/mol. The first-order chi connectivity index (χ1) is 9.74. The van der Waals surface area contributed by atoms with E-state index in [1.165, 1.54) is 30.6 Å². The Morgan fingerprint density at radius 1 is 1.30 bits per heavy atom. The number of aromatic nitrogens is 2. The quantitative estimate of drug-likeness (QED) is 0.877. The van der Waals surface area contributed by atoms with Crippen LogP contribution in [0.5, 0.6) is 0 Å². The van der Waals surface area contributed by atoms with Crippen LogP contribution in [0.2, 0.25) is 0 Å². The average Bonchev–Trinajstić information content (AvgIpc) is 2.93. The molecule has 1 aromatic rings. The Labute approximate surface area is 124 Å². The van der Waals surface area contributed by atoms with E-state index in [4.69, 9.17) is 0 Å². The number of piperidine rings is 1. The number of carbonyl (C=O) groups excluding carboxylic acids is 1. The van der Waals surface area contributed by atoms with E-state index < -0.39 is 0 Å². The summed E-state index contributed by atoms with van der Waals surface area (Å²) in [5.41, 5.74) is 0. The number of amides is 1. The molecule has 1 atom stereocenters. The van der Waals surface area contributed by atoms with Gasteiger partial charge in [-0.2, -0.15) is 0 Å². The predicted octanol–water partition coefficient (Wildman–Crippen LogP) is 2.69. The van der Waals surface area contributed by atoms with Gasteiger partial charge in [0.1, 0.15) is 5.01 Å². The maximum Gasteiger partial charge on any atom is 0.243 e. The minimum Gasteiger partial charge on any atom is -0.299 e. The molecule has 0 aromatic carbocycles. The van der Waals surface area contributed by atoms with Crippen molar-refractivity contribution in [1.82, 2.24) is 15.1 Å². The van der Waals surface area contributed by atoms with Crippen molar-refractivity contribution in [2.24, 2.45) is 0 Å². The van der Waals surface area contributed by atoms with Crippen molar-refractivity contribution < 1.29 is 4.79 Å². The summed E-state index contributed by atoms with van der Waals surface area (Å²) in [5, 5.41) is 12.6. The van der Waals surface area contributed by atoms with Crippen molar-refractivity contribution in [3.8, 4) is 0 Å². The first-order valence-electron chi connectivity index (χ1n) is 7.61. The molecule has 1 amide bonds. The Kier molecular flexibility index (Phi) is 5.91. The Hall–Kier alpha value is -1.01. The summed E-state index contributed by atoms with van der Waals surface area (Å²) in [6, 6.07) is -0.0192. The summed E-state index contributed by atoms with van der Waals surface area (Å²) < 4.78 is 0. The van der Waals surface area contributed by atoms with Crippen LogP contribution < -0.4 is 5.32 Å². The van der Waals surface area contributed by atoms with Gasteiger partial charge >= 0.3 is 0 Å². The van der Waals surface area contributed by atoms with Gasteiger partial charge in [0.25, 0.3) is 0 Å². The second-order valence-electron chi connectivity index (χ2n) is 5.24. The number of hydrogen-bond donors (Lipinski definition) is 1. The molecule has 1 saturated heterocycles. The lowest BCUT2D eigenvalue weighted by Crippen LogP contribution is -2.46.